The minimum Gasteiger partial charge on any atom is -0.362 e. The summed E-state index contributed by atoms with van der Waals surface area (Å²) in [6, 6.07) is 7.74. The SMILES string of the molecule is Cc1nc(SCc2cccc(C(=O)NCC(C)C)c2)nc(N(C)C)c1C. The van der Waals surface area contributed by atoms with Gasteiger partial charge in [-0.15, -0.1) is 0 Å². The van der Waals surface area contributed by atoms with Crippen LogP contribution in [0.15, 0.2) is 29.4 Å². The largest absolute Gasteiger partial charge is 0.362 e. The van der Waals surface area contributed by atoms with Crippen LogP contribution in [-0.4, -0.2) is 36.5 Å². The van der Waals surface area contributed by atoms with Gasteiger partial charge >= 0.3 is 0 Å². The standard InChI is InChI=1S/C20H28N4OS/c1-13(2)11-21-19(25)17-9-7-8-16(10-17)12-26-20-22-15(4)14(3)18(23-20)24(5)6/h7-10,13H,11-12H2,1-6H3,(H,21,25). The van der Waals surface area contributed by atoms with Crippen molar-refractivity contribution in [3.8, 4) is 0 Å². The number of hydrogen-bond donors (Lipinski definition) is 1. The number of benzene rings is 1. The quantitative estimate of drug-likeness (QED) is 0.591. The van der Waals surface area contributed by atoms with Crippen molar-refractivity contribution in [2.75, 3.05) is 25.5 Å². The summed E-state index contributed by atoms with van der Waals surface area (Å²) >= 11 is 1.59. The van der Waals surface area contributed by atoms with Crippen LogP contribution in [0.2, 0.25) is 0 Å². The predicted molar refractivity (Wildman–Crippen MR) is 109 cm³/mol. The number of hydrogen-bond acceptors (Lipinski definition) is 5. The van der Waals surface area contributed by atoms with Gasteiger partial charge in [0.2, 0.25) is 0 Å². The molecule has 0 aliphatic heterocycles. The molecule has 0 aliphatic carbocycles. The molecule has 1 aromatic heterocycles. The normalized spacial score (nSPS) is 10.9. The lowest BCUT2D eigenvalue weighted by Crippen LogP contribution is -2.27. The second-order valence-corrected chi connectivity index (χ2v) is 7.97. The van der Waals surface area contributed by atoms with E-state index in [-0.39, 0.29) is 5.91 Å². The van der Waals surface area contributed by atoms with Crippen molar-refractivity contribution >= 4 is 23.5 Å². The summed E-state index contributed by atoms with van der Waals surface area (Å²) in [5.74, 6) is 2.08. The molecule has 6 heteroatoms. The molecule has 0 aliphatic rings. The number of anilines is 1. The number of nitrogens with zero attached hydrogens (tertiary/aromatic N) is 3. The highest BCUT2D eigenvalue weighted by Gasteiger charge is 2.11. The van der Waals surface area contributed by atoms with E-state index in [2.05, 4.69) is 29.1 Å². The van der Waals surface area contributed by atoms with Crippen LogP contribution in [0.25, 0.3) is 0 Å². The first-order valence-corrected chi connectivity index (χ1v) is 9.79. The molecule has 2 aromatic rings. The van der Waals surface area contributed by atoms with Gasteiger partial charge in [-0.05, 0) is 37.5 Å². The molecule has 0 bridgehead atoms. The van der Waals surface area contributed by atoms with Gasteiger partial charge in [0, 0.05) is 43.2 Å². The van der Waals surface area contributed by atoms with Gasteiger partial charge in [0.05, 0.1) is 0 Å². The number of carbonyl (C=O) groups excluding carboxylic acids is 1. The lowest BCUT2D eigenvalue weighted by molar-refractivity contribution is 0.0949. The van der Waals surface area contributed by atoms with Crippen molar-refractivity contribution in [3.05, 3.63) is 46.6 Å². The number of aromatic nitrogens is 2. The molecule has 0 radical (unpaired) electrons. The number of thioether (sulfide) groups is 1. The Balaban J connectivity index is 2.08. The van der Waals surface area contributed by atoms with Crippen LogP contribution in [0.5, 0.6) is 0 Å². The maximum Gasteiger partial charge on any atom is 0.251 e. The van der Waals surface area contributed by atoms with E-state index in [1.54, 1.807) is 11.8 Å². The Morgan fingerprint density at radius 1 is 1.23 bits per heavy atom. The molecule has 1 aromatic carbocycles. The lowest BCUT2D eigenvalue weighted by atomic mass is 10.1. The Hall–Kier alpha value is -2.08. The number of nitrogens with one attached hydrogen (secondary N) is 1. The van der Waals surface area contributed by atoms with Gasteiger partial charge in [0.15, 0.2) is 5.16 Å². The summed E-state index contributed by atoms with van der Waals surface area (Å²) < 4.78 is 0. The molecule has 1 N–H and O–H groups in total. The minimum absolute atomic E-state index is 0.0251. The number of carbonyl (C=O) groups is 1. The van der Waals surface area contributed by atoms with Crippen molar-refractivity contribution in [2.45, 2.75) is 38.6 Å². The molecule has 0 saturated carbocycles. The molecule has 0 unspecified atom stereocenters. The molecule has 5 nitrogen and oxygen atoms in total. The fourth-order valence-electron chi connectivity index (χ4n) is 2.44. The predicted octanol–water partition coefficient (Wildman–Crippen LogP) is 3.84. The third kappa shape index (κ3) is 5.46. The Kier molecular flexibility index (Phi) is 7.03. The van der Waals surface area contributed by atoms with E-state index in [1.807, 2.05) is 57.1 Å². The highest BCUT2D eigenvalue weighted by molar-refractivity contribution is 7.98. The van der Waals surface area contributed by atoms with E-state index in [0.29, 0.717) is 18.0 Å². The molecule has 0 spiro atoms. The van der Waals surface area contributed by atoms with Crippen molar-refractivity contribution in [3.63, 3.8) is 0 Å². The Bertz CT molecular complexity index is 774. The summed E-state index contributed by atoms with van der Waals surface area (Å²) in [5, 5.41) is 3.71. The first-order valence-electron chi connectivity index (χ1n) is 8.80. The third-order valence-corrected chi connectivity index (χ3v) is 4.91. The van der Waals surface area contributed by atoms with E-state index in [0.717, 1.165) is 33.5 Å². The second-order valence-electron chi connectivity index (χ2n) is 7.03. The van der Waals surface area contributed by atoms with Crippen molar-refractivity contribution in [2.24, 2.45) is 5.92 Å². The minimum atomic E-state index is -0.0251. The highest BCUT2D eigenvalue weighted by atomic mass is 32.2. The molecule has 26 heavy (non-hydrogen) atoms. The highest BCUT2D eigenvalue weighted by Crippen LogP contribution is 2.25. The van der Waals surface area contributed by atoms with E-state index in [1.165, 1.54) is 0 Å². The molecule has 1 heterocycles. The van der Waals surface area contributed by atoms with Crippen LogP contribution < -0.4 is 10.2 Å². The van der Waals surface area contributed by atoms with Crippen LogP contribution in [0.4, 0.5) is 5.82 Å². The molecular weight excluding hydrogens is 344 g/mol. The fraction of sp³-hybridized carbons (Fsp3) is 0.450. The van der Waals surface area contributed by atoms with Gasteiger partial charge in [-0.2, -0.15) is 0 Å². The summed E-state index contributed by atoms with van der Waals surface area (Å²) in [4.78, 5) is 23.5. The zero-order valence-corrected chi connectivity index (χ0v) is 17.3. The second kappa shape index (κ2) is 9.03. The van der Waals surface area contributed by atoms with Crippen molar-refractivity contribution < 1.29 is 4.79 Å². The summed E-state index contributed by atoms with van der Waals surface area (Å²) in [6.07, 6.45) is 0. The molecule has 0 fully saturated rings. The van der Waals surface area contributed by atoms with E-state index < -0.39 is 0 Å². The topological polar surface area (TPSA) is 58.1 Å². The van der Waals surface area contributed by atoms with Gasteiger partial charge in [-0.25, -0.2) is 9.97 Å². The van der Waals surface area contributed by atoms with Crippen molar-refractivity contribution in [1.29, 1.82) is 0 Å². The van der Waals surface area contributed by atoms with Crippen LogP contribution in [0.1, 0.15) is 41.0 Å². The van der Waals surface area contributed by atoms with Gasteiger partial charge in [-0.3, -0.25) is 4.79 Å². The van der Waals surface area contributed by atoms with E-state index in [9.17, 15) is 4.79 Å². The average molecular weight is 373 g/mol. The molecule has 2 rings (SSSR count). The zero-order chi connectivity index (χ0) is 19.3. The molecule has 1 amide bonds. The zero-order valence-electron chi connectivity index (χ0n) is 16.5. The number of rotatable bonds is 7. The molecule has 0 saturated heterocycles. The molecule has 0 atom stereocenters. The van der Waals surface area contributed by atoms with Crippen LogP contribution in [0, 0.1) is 19.8 Å². The summed E-state index contributed by atoms with van der Waals surface area (Å²) in [6.45, 7) is 8.89. The maximum atomic E-state index is 12.2. The molecular formula is C20H28N4OS. The third-order valence-electron chi connectivity index (χ3n) is 3.99. The number of aryl methyl sites for hydroxylation is 1. The van der Waals surface area contributed by atoms with E-state index >= 15 is 0 Å². The van der Waals surface area contributed by atoms with Gasteiger partial charge in [-0.1, -0.05) is 37.7 Å². The number of amides is 1. The van der Waals surface area contributed by atoms with Crippen LogP contribution in [-0.2, 0) is 5.75 Å². The summed E-state index contributed by atoms with van der Waals surface area (Å²) in [7, 11) is 3.98. The van der Waals surface area contributed by atoms with E-state index in [4.69, 9.17) is 0 Å². The first-order chi connectivity index (χ1) is 12.3. The Morgan fingerprint density at radius 3 is 2.62 bits per heavy atom. The van der Waals surface area contributed by atoms with Gasteiger partial charge in [0.25, 0.3) is 5.91 Å². The average Bonchev–Trinajstić information content (AvgIpc) is 2.60. The smallest absolute Gasteiger partial charge is 0.251 e. The lowest BCUT2D eigenvalue weighted by Gasteiger charge is -2.16. The fourth-order valence-corrected chi connectivity index (χ4v) is 3.27. The Morgan fingerprint density at radius 2 is 1.96 bits per heavy atom. The summed E-state index contributed by atoms with van der Waals surface area (Å²) in [5.41, 5.74) is 3.87. The maximum absolute atomic E-state index is 12.2. The first kappa shape index (κ1) is 20.2. The molecule has 140 valence electrons. The monoisotopic (exact) mass is 372 g/mol. The van der Waals surface area contributed by atoms with Crippen LogP contribution in [0.3, 0.4) is 0 Å². The Labute approximate surface area is 160 Å². The van der Waals surface area contributed by atoms with Crippen molar-refractivity contribution in [1.82, 2.24) is 15.3 Å². The van der Waals surface area contributed by atoms with Crippen LogP contribution >= 0.6 is 11.8 Å². The van der Waals surface area contributed by atoms with Gasteiger partial charge < -0.3 is 10.2 Å². The van der Waals surface area contributed by atoms with Gasteiger partial charge in [0.1, 0.15) is 5.82 Å².